The number of benzene rings is 1. The summed E-state index contributed by atoms with van der Waals surface area (Å²) in [6.07, 6.45) is 2.77. The quantitative estimate of drug-likeness (QED) is 0.316. The molecule has 1 aromatic carbocycles. The average molecular weight is 440 g/mol. The third kappa shape index (κ3) is 4.84. The summed E-state index contributed by atoms with van der Waals surface area (Å²) < 4.78 is 13.5. The van der Waals surface area contributed by atoms with Crippen LogP contribution in [0, 0.1) is 0 Å². The molecule has 170 valence electrons. The molecule has 1 amide bonds. The monoisotopic (exact) mass is 439 g/mol. The number of fused-ring (bicyclic) bond motifs is 1. The van der Waals surface area contributed by atoms with Crippen LogP contribution in [-0.4, -0.2) is 58.6 Å². The Kier molecular flexibility index (Phi) is 6.87. The standard InChI is InChI=1S/C23H29N5O4/c1-16(2)28-9-8-19-21(24-23(25-22(19)28)27-10-13-31-14-11-27)17-5-3-6-18(15-17)32-12-4-7-20(29)26-30/h3,5-6,8-9,15-16,30H,4,7,10-14H2,1-2H3,(H,26,29). The SMILES string of the molecule is CC(C)n1ccc2c(-c3cccc(OCCCC(=O)NO)c3)nc(N3CCOCC3)nc21. The Morgan fingerprint density at radius 2 is 2.06 bits per heavy atom. The van der Waals surface area contributed by atoms with E-state index >= 15 is 0 Å². The normalized spacial score (nSPS) is 14.2. The molecule has 1 fully saturated rings. The second kappa shape index (κ2) is 9.97. The van der Waals surface area contributed by atoms with E-state index in [4.69, 9.17) is 24.6 Å². The van der Waals surface area contributed by atoms with Gasteiger partial charge < -0.3 is 18.9 Å². The molecule has 1 aliphatic rings. The molecule has 0 aliphatic carbocycles. The average Bonchev–Trinajstić information content (AvgIpc) is 3.26. The van der Waals surface area contributed by atoms with Crippen molar-refractivity contribution in [1.29, 1.82) is 0 Å². The summed E-state index contributed by atoms with van der Waals surface area (Å²) in [5.41, 5.74) is 4.35. The van der Waals surface area contributed by atoms with Crippen molar-refractivity contribution < 1.29 is 19.5 Å². The first-order valence-electron chi connectivity index (χ1n) is 10.9. The van der Waals surface area contributed by atoms with Gasteiger partial charge in [-0.15, -0.1) is 0 Å². The summed E-state index contributed by atoms with van der Waals surface area (Å²) in [7, 11) is 0. The minimum Gasteiger partial charge on any atom is -0.494 e. The van der Waals surface area contributed by atoms with Crippen molar-refractivity contribution in [3.05, 3.63) is 36.5 Å². The number of hydrogen-bond donors (Lipinski definition) is 2. The van der Waals surface area contributed by atoms with Crippen molar-refractivity contribution in [2.75, 3.05) is 37.8 Å². The predicted molar refractivity (Wildman–Crippen MR) is 121 cm³/mol. The molecule has 0 saturated carbocycles. The number of morpholine rings is 1. The molecule has 32 heavy (non-hydrogen) atoms. The fraction of sp³-hybridized carbons (Fsp3) is 0.435. The molecule has 1 saturated heterocycles. The topological polar surface area (TPSA) is 102 Å². The van der Waals surface area contributed by atoms with Crippen LogP contribution in [0.4, 0.5) is 5.95 Å². The molecule has 3 heterocycles. The Morgan fingerprint density at radius 1 is 1.25 bits per heavy atom. The zero-order chi connectivity index (χ0) is 22.5. The summed E-state index contributed by atoms with van der Waals surface area (Å²) in [4.78, 5) is 23.2. The van der Waals surface area contributed by atoms with Gasteiger partial charge in [0, 0.05) is 42.7 Å². The van der Waals surface area contributed by atoms with Crippen LogP contribution in [-0.2, 0) is 9.53 Å². The lowest BCUT2D eigenvalue weighted by Gasteiger charge is -2.27. The minimum absolute atomic E-state index is 0.203. The maximum absolute atomic E-state index is 11.2. The fourth-order valence-corrected chi connectivity index (χ4v) is 3.78. The number of aromatic nitrogens is 3. The lowest BCUT2D eigenvalue weighted by molar-refractivity contribution is -0.129. The van der Waals surface area contributed by atoms with Crippen molar-refractivity contribution in [2.24, 2.45) is 0 Å². The molecular weight excluding hydrogens is 410 g/mol. The number of nitrogens with one attached hydrogen (secondary N) is 1. The van der Waals surface area contributed by atoms with Gasteiger partial charge in [-0.05, 0) is 38.5 Å². The van der Waals surface area contributed by atoms with Gasteiger partial charge in [-0.25, -0.2) is 10.5 Å². The van der Waals surface area contributed by atoms with Crippen molar-refractivity contribution in [3.8, 4) is 17.0 Å². The highest BCUT2D eigenvalue weighted by Gasteiger charge is 2.20. The van der Waals surface area contributed by atoms with Crippen LogP contribution in [0.25, 0.3) is 22.3 Å². The van der Waals surface area contributed by atoms with Crippen LogP contribution in [0.15, 0.2) is 36.5 Å². The molecule has 2 aromatic heterocycles. The van der Waals surface area contributed by atoms with E-state index in [1.54, 1.807) is 5.48 Å². The van der Waals surface area contributed by atoms with Gasteiger partial charge in [-0.3, -0.25) is 10.0 Å². The van der Waals surface area contributed by atoms with Crippen molar-refractivity contribution >= 4 is 22.9 Å². The maximum Gasteiger partial charge on any atom is 0.243 e. The molecule has 2 N–H and O–H groups in total. The number of rotatable bonds is 8. The molecule has 0 radical (unpaired) electrons. The van der Waals surface area contributed by atoms with Crippen LogP contribution >= 0.6 is 0 Å². The number of anilines is 1. The van der Waals surface area contributed by atoms with Gasteiger partial charge in [0.2, 0.25) is 11.9 Å². The number of carbonyl (C=O) groups excluding carboxylic acids is 1. The Labute approximate surface area is 186 Å². The van der Waals surface area contributed by atoms with Crippen molar-refractivity contribution in [1.82, 2.24) is 20.0 Å². The van der Waals surface area contributed by atoms with Gasteiger partial charge in [0.05, 0.1) is 25.5 Å². The van der Waals surface area contributed by atoms with Gasteiger partial charge in [0.25, 0.3) is 0 Å². The van der Waals surface area contributed by atoms with E-state index in [-0.39, 0.29) is 12.5 Å². The molecule has 9 heteroatoms. The molecule has 0 spiro atoms. The van der Waals surface area contributed by atoms with Gasteiger partial charge in [0.1, 0.15) is 11.4 Å². The molecular formula is C23H29N5O4. The van der Waals surface area contributed by atoms with E-state index in [1.807, 2.05) is 24.3 Å². The lowest BCUT2D eigenvalue weighted by atomic mass is 10.1. The number of carbonyl (C=O) groups is 1. The van der Waals surface area contributed by atoms with Crippen molar-refractivity contribution in [2.45, 2.75) is 32.7 Å². The van der Waals surface area contributed by atoms with E-state index in [9.17, 15) is 4.79 Å². The smallest absolute Gasteiger partial charge is 0.243 e. The van der Waals surface area contributed by atoms with Crippen LogP contribution in [0.5, 0.6) is 5.75 Å². The highest BCUT2D eigenvalue weighted by Crippen LogP contribution is 2.32. The van der Waals surface area contributed by atoms with Crippen LogP contribution in [0.1, 0.15) is 32.7 Å². The number of hydrogen-bond acceptors (Lipinski definition) is 7. The highest BCUT2D eigenvalue weighted by molar-refractivity contribution is 5.92. The number of amides is 1. The Hall–Kier alpha value is -3.17. The van der Waals surface area contributed by atoms with E-state index in [2.05, 4.69) is 35.6 Å². The Balaban J connectivity index is 1.66. The number of ether oxygens (including phenoxy) is 2. The highest BCUT2D eigenvalue weighted by atomic mass is 16.5. The van der Waals surface area contributed by atoms with Crippen LogP contribution in [0.3, 0.4) is 0 Å². The number of nitrogens with zero attached hydrogens (tertiary/aromatic N) is 4. The Morgan fingerprint density at radius 3 is 2.81 bits per heavy atom. The van der Waals surface area contributed by atoms with E-state index in [1.165, 1.54) is 0 Å². The lowest BCUT2D eigenvalue weighted by Crippen LogP contribution is -2.37. The molecule has 0 bridgehead atoms. The molecule has 1 aliphatic heterocycles. The van der Waals surface area contributed by atoms with Gasteiger partial charge in [-0.2, -0.15) is 4.98 Å². The first-order chi connectivity index (χ1) is 15.6. The third-order valence-corrected chi connectivity index (χ3v) is 5.46. The van der Waals surface area contributed by atoms with Gasteiger partial charge >= 0.3 is 0 Å². The molecule has 3 aromatic rings. The molecule has 4 rings (SSSR count). The maximum atomic E-state index is 11.2. The van der Waals surface area contributed by atoms with E-state index in [0.717, 1.165) is 35.4 Å². The molecule has 9 nitrogen and oxygen atoms in total. The first-order valence-corrected chi connectivity index (χ1v) is 10.9. The van der Waals surface area contributed by atoms with E-state index < -0.39 is 5.91 Å². The zero-order valence-electron chi connectivity index (χ0n) is 18.5. The van der Waals surface area contributed by atoms with Crippen LogP contribution in [0.2, 0.25) is 0 Å². The fourth-order valence-electron chi connectivity index (χ4n) is 3.78. The minimum atomic E-state index is -0.420. The first kappa shape index (κ1) is 22.0. The largest absolute Gasteiger partial charge is 0.494 e. The van der Waals surface area contributed by atoms with E-state index in [0.29, 0.717) is 37.9 Å². The third-order valence-electron chi connectivity index (χ3n) is 5.46. The van der Waals surface area contributed by atoms with Gasteiger partial charge in [-0.1, -0.05) is 12.1 Å². The predicted octanol–water partition coefficient (Wildman–Crippen LogP) is 3.18. The molecule has 0 unspecified atom stereocenters. The Bertz CT molecular complexity index is 1080. The zero-order valence-corrected chi connectivity index (χ0v) is 18.5. The summed E-state index contributed by atoms with van der Waals surface area (Å²) in [6.45, 7) is 7.51. The summed E-state index contributed by atoms with van der Waals surface area (Å²) in [5.74, 6) is 0.989. The van der Waals surface area contributed by atoms with Crippen molar-refractivity contribution in [3.63, 3.8) is 0 Å². The van der Waals surface area contributed by atoms with Crippen LogP contribution < -0.4 is 15.1 Å². The van der Waals surface area contributed by atoms with Gasteiger partial charge in [0.15, 0.2) is 0 Å². The summed E-state index contributed by atoms with van der Waals surface area (Å²) >= 11 is 0. The number of hydroxylamine groups is 1. The second-order valence-corrected chi connectivity index (χ2v) is 8.04. The summed E-state index contributed by atoms with van der Waals surface area (Å²) in [6, 6.07) is 10.1. The second-order valence-electron chi connectivity index (χ2n) is 8.04. The molecule has 0 atom stereocenters. The summed E-state index contributed by atoms with van der Waals surface area (Å²) in [5, 5.41) is 9.58.